The van der Waals surface area contributed by atoms with Gasteiger partial charge in [0.1, 0.15) is 5.82 Å². The summed E-state index contributed by atoms with van der Waals surface area (Å²) < 4.78 is 0. The summed E-state index contributed by atoms with van der Waals surface area (Å²) in [6.45, 7) is 4.95. The van der Waals surface area contributed by atoms with Crippen LogP contribution in [0.3, 0.4) is 0 Å². The molecule has 0 saturated carbocycles. The molecule has 2 aromatic carbocycles. The molecule has 0 bridgehead atoms. The molecule has 1 N–H and O–H groups in total. The highest BCUT2D eigenvalue weighted by Gasteiger charge is 2.18. The Morgan fingerprint density at radius 2 is 1.63 bits per heavy atom. The summed E-state index contributed by atoms with van der Waals surface area (Å²) in [6, 6.07) is 20.2. The van der Waals surface area contributed by atoms with Crippen molar-refractivity contribution in [2.24, 2.45) is 0 Å². The Labute approximate surface area is 164 Å². The SMILES string of the molecule is Clc1ccccc1Nc1nccc(N2CCN(Cc3ccccc3)CC2)n1. The van der Waals surface area contributed by atoms with Crippen molar-refractivity contribution in [3.05, 3.63) is 77.4 Å². The van der Waals surface area contributed by atoms with Gasteiger partial charge in [0, 0.05) is 38.9 Å². The van der Waals surface area contributed by atoms with E-state index >= 15 is 0 Å². The molecule has 1 aliphatic rings. The van der Waals surface area contributed by atoms with E-state index in [1.165, 1.54) is 5.56 Å². The Hall–Kier alpha value is -2.63. The molecule has 0 amide bonds. The zero-order valence-electron chi connectivity index (χ0n) is 15.1. The number of aromatic nitrogens is 2. The van der Waals surface area contributed by atoms with Crippen LogP contribution in [0.25, 0.3) is 0 Å². The summed E-state index contributed by atoms with van der Waals surface area (Å²) in [6.07, 6.45) is 1.79. The predicted molar refractivity (Wildman–Crippen MR) is 111 cm³/mol. The standard InChI is InChI=1S/C21H22ClN5/c22-18-8-4-5-9-19(18)24-21-23-11-10-20(25-21)27-14-12-26(13-15-27)16-17-6-2-1-3-7-17/h1-11H,12-16H2,(H,23,24,25). The summed E-state index contributed by atoms with van der Waals surface area (Å²) in [5, 5.41) is 3.86. The zero-order valence-corrected chi connectivity index (χ0v) is 15.8. The molecular formula is C21H22ClN5. The van der Waals surface area contributed by atoms with Gasteiger partial charge in [0.15, 0.2) is 0 Å². The van der Waals surface area contributed by atoms with Gasteiger partial charge < -0.3 is 10.2 Å². The van der Waals surface area contributed by atoms with E-state index in [0.29, 0.717) is 11.0 Å². The van der Waals surface area contributed by atoms with Crippen molar-refractivity contribution in [3.63, 3.8) is 0 Å². The molecule has 1 aliphatic heterocycles. The van der Waals surface area contributed by atoms with Crippen molar-refractivity contribution in [1.82, 2.24) is 14.9 Å². The van der Waals surface area contributed by atoms with Crippen molar-refractivity contribution in [3.8, 4) is 0 Å². The Kier molecular flexibility index (Phi) is 5.51. The molecule has 0 atom stereocenters. The quantitative estimate of drug-likeness (QED) is 0.719. The van der Waals surface area contributed by atoms with Crippen LogP contribution in [-0.4, -0.2) is 41.0 Å². The number of piperazine rings is 1. The summed E-state index contributed by atoms with van der Waals surface area (Å²) in [5.74, 6) is 1.51. The molecule has 27 heavy (non-hydrogen) atoms. The number of hydrogen-bond donors (Lipinski definition) is 1. The first-order valence-electron chi connectivity index (χ1n) is 9.14. The fourth-order valence-corrected chi connectivity index (χ4v) is 3.43. The Morgan fingerprint density at radius 1 is 0.889 bits per heavy atom. The first-order chi connectivity index (χ1) is 13.3. The molecule has 0 radical (unpaired) electrons. The Bertz CT molecular complexity index is 879. The number of rotatable bonds is 5. The van der Waals surface area contributed by atoms with Crippen LogP contribution in [0.1, 0.15) is 5.56 Å². The van der Waals surface area contributed by atoms with E-state index in [4.69, 9.17) is 11.6 Å². The van der Waals surface area contributed by atoms with E-state index in [1.807, 2.05) is 30.3 Å². The number of halogens is 1. The summed E-state index contributed by atoms with van der Waals surface area (Å²) in [7, 11) is 0. The molecule has 1 saturated heterocycles. The highest BCUT2D eigenvalue weighted by molar-refractivity contribution is 6.33. The third kappa shape index (κ3) is 4.56. The van der Waals surface area contributed by atoms with Gasteiger partial charge in [-0.3, -0.25) is 4.90 Å². The molecular weight excluding hydrogens is 358 g/mol. The molecule has 5 nitrogen and oxygen atoms in total. The van der Waals surface area contributed by atoms with E-state index < -0.39 is 0 Å². The van der Waals surface area contributed by atoms with Gasteiger partial charge >= 0.3 is 0 Å². The lowest BCUT2D eigenvalue weighted by molar-refractivity contribution is 0.249. The number of anilines is 3. The molecule has 1 fully saturated rings. The van der Waals surface area contributed by atoms with Crippen LogP contribution in [0, 0.1) is 0 Å². The predicted octanol–water partition coefficient (Wildman–Crippen LogP) is 4.20. The third-order valence-corrected chi connectivity index (χ3v) is 5.04. The monoisotopic (exact) mass is 379 g/mol. The minimum Gasteiger partial charge on any atom is -0.354 e. The maximum atomic E-state index is 6.21. The van der Waals surface area contributed by atoms with Gasteiger partial charge in [0.05, 0.1) is 10.7 Å². The van der Waals surface area contributed by atoms with E-state index in [9.17, 15) is 0 Å². The molecule has 138 valence electrons. The average Bonchev–Trinajstić information content (AvgIpc) is 2.71. The number of nitrogens with one attached hydrogen (secondary N) is 1. The van der Waals surface area contributed by atoms with Crippen LogP contribution in [0.2, 0.25) is 5.02 Å². The number of nitrogens with zero attached hydrogens (tertiary/aromatic N) is 4. The first-order valence-corrected chi connectivity index (χ1v) is 9.51. The smallest absolute Gasteiger partial charge is 0.229 e. The lowest BCUT2D eigenvalue weighted by Gasteiger charge is -2.35. The maximum Gasteiger partial charge on any atom is 0.229 e. The van der Waals surface area contributed by atoms with Crippen molar-refractivity contribution >= 4 is 29.1 Å². The van der Waals surface area contributed by atoms with Crippen molar-refractivity contribution < 1.29 is 0 Å². The summed E-state index contributed by atoms with van der Waals surface area (Å²) >= 11 is 6.21. The van der Waals surface area contributed by atoms with Crippen LogP contribution < -0.4 is 10.2 Å². The second-order valence-corrected chi connectivity index (χ2v) is 7.00. The van der Waals surface area contributed by atoms with Crippen LogP contribution in [0.4, 0.5) is 17.5 Å². The second-order valence-electron chi connectivity index (χ2n) is 6.59. The van der Waals surface area contributed by atoms with Crippen molar-refractivity contribution in [1.29, 1.82) is 0 Å². The van der Waals surface area contributed by atoms with Gasteiger partial charge in [-0.05, 0) is 23.8 Å². The molecule has 0 aliphatic carbocycles. The van der Waals surface area contributed by atoms with Crippen molar-refractivity contribution in [2.75, 3.05) is 36.4 Å². The first kappa shape index (κ1) is 17.8. The molecule has 4 rings (SSSR count). The van der Waals surface area contributed by atoms with Crippen LogP contribution in [-0.2, 0) is 6.54 Å². The lowest BCUT2D eigenvalue weighted by Crippen LogP contribution is -2.46. The Balaban J connectivity index is 1.38. The number of para-hydroxylation sites is 1. The minimum absolute atomic E-state index is 0.562. The molecule has 1 aromatic heterocycles. The van der Waals surface area contributed by atoms with Gasteiger partial charge in [0.25, 0.3) is 0 Å². The van der Waals surface area contributed by atoms with Crippen LogP contribution >= 0.6 is 11.6 Å². The molecule has 3 aromatic rings. The summed E-state index contributed by atoms with van der Waals surface area (Å²) in [5.41, 5.74) is 2.17. The molecule has 0 unspecified atom stereocenters. The molecule has 6 heteroatoms. The highest BCUT2D eigenvalue weighted by Crippen LogP contribution is 2.24. The fourth-order valence-electron chi connectivity index (χ4n) is 3.25. The van der Waals surface area contributed by atoms with Gasteiger partial charge in [-0.2, -0.15) is 4.98 Å². The van der Waals surface area contributed by atoms with Crippen LogP contribution in [0.5, 0.6) is 0 Å². The second kappa shape index (κ2) is 8.37. The number of benzene rings is 2. The maximum absolute atomic E-state index is 6.21. The topological polar surface area (TPSA) is 44.3 Å². The van der Waals surface area contributed by atoms with E-state index in [1.54, 1.807) is 6.20 Å². The normalized spacial score (nSPS) is 14.9. The summed E-state index contributed by atoms with van der Waals surface area (Å²) in [4.78, 5) is 13.8. The molecule has 2 heterocycles. The zero-order chi connectivity index (χ0) is 18.5. The van der Waals surface area contributed by atoms with E-state index in [-0.39, 0.29) is 0 Å². The number of hydrogen-bond acceptors (Lipinski definition) is 5. The lowest BCUT2D eigenvalue weighted by atomic mass is 10.2. The highest BCUT2D eigenvalue weighted by atomic mass is 35.5. The van der Waals surface area contributed by atoms with Crippen molar-refractivity contribution in [2.45, 2.75) is 6.54 Å². The average molecular weight is 380 g/mol. The van der Waals surface area contributed by atoms with Gasteiger partial charge in [-0.15, -0.1) is 0 Å². The van der Waals surface area contributed by atoms with Gasteiger partial charge in [0.2, 0.25) is 5.95 Å². The fraction of sp³-hybridized carbons (Fsp3) is 0.238. The van der Waals surface area contributed by atoms with Gasteiger partial charge in [-0.25, -0.2) is 4.98 Å². The Morgan fingerprint density at radius 3 is 2.41 bits per heavy atom. The van der Waals surface area contributed by atoms with E-state index in [2.05, 4.69) is 55.4 Å². The minimum atomic E-state index is 0.562. The van der Waals surface area contributed by atoms with Crippen LogP contribution in [0.15, 0.2) is 66.9 Å². The largest absolute Gasteiger partial charge is 0.354 e. The van der Waals surface area contributed by atoms with Gasteiger partial charge in [-0.1, -0.05) is 54.1 Å². The third-order valence-electron chi connectivity index (χ3n) is 4.71. The molecule has 0 spiro atoms. The van der Waals surface area contributed by atoms with E-state index in [0.717, 1.165) is 44.2 Å².